The van der Waals surface area contributed by atoms with Crippen LogP contribution in [0.15, 0.2) is 12.4 Å². The number of ether oxygens (including phenoxy) is 1. The minimum atomic E-state index is 0.485. The zero-order chi connectivity index (χ0) is 13.2. The minimum Gasteiger partial charge on any atom is -0.478 e. The maximum atomic E-state index is 5.52. The van der Waals surface area contributed by atoms with Crippen molar-refractivity contribution in [1.82, 2.24) is 15.3 Å². The van der Waals surface area contributed by atoms with Gasteiger partial charge in [-0.2, -0.15) is 0 Å². The molecule has 1 aromatic heterocycles. The van der Waals surface area contributed by atoms with Crippen LogP contribution in [0, 0.1) is 0 Å². The van der Waals surface area contributed by atoms with Crippen LogP contribution in [0.4, 0.5) is 0 Å². The van der Waals surface area contributed by atoms with Gasteiger partial charge in [-0.3, -0.25) is 0 Å². The number of nitrogens with zero attached hydrogens (tertiary/aromatic N) is 2. The summed E-state index contributed by atoms with van der Waals surface area (Å²) in [7, 11) is 0. The van der Waals surface area contributed by atoms with Crippen molar-refractivity contribution in [2.24, 2.45) is 0 Å². The Bertz CT molecular complexity index is 331. The van der Waals surface area contributed by atoms with Gasteiger partial charge in [0.15, 0.2) is 0 Å². The summed E-state index contributed by atoms with van der Waals surface area (Å²) in [6.07, 6.45) is 5.78. The van der Waals surface area contributed by atoms with Gasteiger partial charge >= 0.3 is 0 Å². The van der Waals surface area contributed by atoms with Crippen molar-refractivity contribution in [3.05, 3.63) is 18.1 Å². The van der Waals surface area contributed by atoms with Gasteiger partial charge in [-0.25, -0.2) is 9.97 Å². The van der Waals surface area contributed by atoms with Crippen molar-refractivity contribution in [3.63, 3.8) is 0 Å². The van der Waals surface area contributed by atoms with Gasteiger partial charge in [-0.15, -0.1) is 0 Å². The lowest BCUT2D eigenvalue weighted by Crippen LogP contribution is -2.31. The molecule has 0 aliphatic carbocycles. The van der Waals surface area contributed by atoms with E-state index in [9.17, 15) is 0 Å². The second-order valence-electron chi connectivity index (χ2n) is 4.46. The topological polar surface area (TPSA) is 47.0 Å². The first kappa shape index (κ1) is 14.9. The van der Waals surface area contributed by atoms with Crippen LogP contribution >= 0.6 is 0 Å². The molecule has 4 nitrogen and oxygen atoms in total. The van der Waals surface area contributed by atoms with E-state index in [2.05, 4.69) is 36.1 Å². The second kappa shape index (κ2) is 8.86. The molecule has 0 radical (unpaired) electrons. The van der Waals surface area contributed by atoms with Gasteiger partial charge in [-0.05, 0) is 25.8 Å². The summed E-state index contributed by atoms with van der Waals surface area (Å²) >= 11 is 0. The first-order chi connectivity index (χ1) is 8.80. The Morgan fingerprint density at radius 1 is 1.22 bits per heavy atom. The largest absolute Gasteiger partial charge is 0.478 e. The van der Waals surface area contributed by atoms with E-state index < -0.39 is 0 Å². The van der Waals surface area contributed by atoms with Crippen molar-refractivity contribution in [1.29, 1.82) is 0 Å². The summed E-state index contributed by atoms with van der Waals surface area (Å²) in [6.45, 7) is 8.23. The Morgan fingerprint density at radius 3 is 2.72 bits per heavy atom. The average molecular weight is 251 g/mol. The first-order valence-electron chi connectivity index (χ1n) is 6.97. The van der Waals surface area contributed by atoms with Crippen molar-refractivity contribution < 1.29 is 4.74 Å². The van der Waals surface area contributed by atoms with E-state index in [1.165, 1.54) is 0 Å². The molecular formula is C14H25N3O. The molecule has 1 unspecified atom stereocenters. The molecule has 0 aromatic carbocycles. The van der Waals surface area contributed by atoms with Crippen molar-refractivity contribution >= 4 is 0 Å². The quantitative estimate of drug-likeness (QED) is 0.733. The van der Waals surface area contributed by atoms with Gasteiger partial charge < -0.3 is 10.1 Å². The van der Waals surface area contributed by atoms with E-state index in [-0.39, 0.29) is 0 Å². The molecule has 0 aliphatic heterocycles. The third kappa shape index (κ3) is 5.45. The van der Waals surface area contributed by atoms with E-state index in [0.29, 0.717) is 18.5 Å². The molecule has 0 amide bonds. The van der Waals surface area contributed by atoms with Crippen LogP contribution in [0.3, 0.4) is 0 Å². The Balaban J connectivity index is 2.53. The predicted molar refractivity (Wildman–Crippen MR) is 73.9 cm³/mol. The molecule has 1 aromatic rings. The fourth-order valence-electron chi connectivity index (χ4n) is 1.74. The molecule has 18 heavy (non-hydrogen) atoms. The zero-order valence-electron chi connectivity index (χ0n) is 11.8. The fourth-order valence-corrected chi connectivity index (χ4v) is 1.74. The normalized spacial score (nSPS) is 12.4. The van der Waals surface area contributed by atoms with Crippen LogP contribution in [0.2, 0.25) is 0 Å². The average Bonchev–Trinajstić information content (AvgIpc) is 2.41. The Labute approximate surface area is 110 Å². The van der Waals surface area contributed by atoms with E-state index >= 15 is 0 Å². The summed E-state index contributed by atoms with van der Waals surface area (Å²) in [4.78, 5) is 8.43. The summed E-state index contributed by atoms with van der Waals surface area (Å²) < 4.78 is 5.52. The standard InChI is InChI=1S/C14H25N3O/c1-4-7-15-12(6-3)9-13-10-14(17-11-16-13)18-8-5-2/h10-12,15H,4-9H2,1-3H3. The minimum absolute atomic E-state index is 0.485. The third-order valence-electron chi connectivity index (χ3n) is 2.78. The molecule has 1 N–H and O–H groups in total. The third-order valence-corrected chi connectivity index (χ3v) is 2.78. The number of nitrogens with one attached hydrogen (secondary N) is 1. The van der Waals surface area contributed by atoms with Crippen LogP contribution < -0.4 is 10.1 Å². The van der Waals surface area contributed by atoms with Crippen molar-refractivity contribution in [2.75, 3.05) is 13.2 Å². The molecule has 0 spiro atoms. The summed E-state index contributed by atoms with van der Waals surface area (Å²) in [5, 5.41) is 3.53. The van der Waals surface area contributed by atoms with Crippen molar-refractivity contribution in [3.8, 4) is 5.88 Å². The Hall–Kier alpha value is -1.16. The monoisotopic (exact) mass is 251 g/mol. The maximum absolute atomic E-state index is 5.52. The van der Waals surface area contributed by atoms with Crippen LogP contribution in [0.25, 0.3) is 0 Å². The molecule has 4 heteroatoms. The van der Waals surface area contributed by atoms with Crippen LogP contribution in [0.5, 0.6) is 5.88 Å². The van der Waals surface area contributed by atoms with Gasteiger partial charge in [-0.1, -0.05) is 20.8 Å². The lowest BCUT2D eigenvalue weighted by Gasteiger charge is -2.16. The molecule has 1 heterocycles. The highest BCUT2D eigenvalue weighted by atomic mass is 16.5. The molecular weight excluding hydrogens is 226 g/mol. The first-order valence-corrected chi connectivity index (χ1v) is 6.97. The molecule has 102 valence electrons. The van der Waals surface area contributed by atoms with Gasteiger partial charge in [0.1, 0.15) is 6.33 Å². The Morgan fingerprint density at radius 2 is 2.06 bits per heavy atom. The number of hydrogen-bond donors (Lipinski definition) is 1. The van der Waals surface area contributed by atoms with Crippen LogP contribution in [-0.2, 0) is 6.42 Å². The van der Waals surface area contributed by atoms with E-state index in [1.807, 2.05) is 6.07 Å². The molecule has 0 saturated heterocycles. The van der Waals surface area contributed by atoms with E-state index in [4.69, 9.17) is 4.74 Å². The second-order valence-corrected chi connectivity index (χ2v) is 4.46. The molecule has 1 atom stereocenters. The smallest absolute Gasteiger partial charge is 0.216 e. The zero-order valence-corrected chi connectivity index (χ0v) is 11.8. The number of aromatic nitrogens is 2. The van der Waals surface area contributed by atoms with Gasteiger partial charge in [0.05, 0.1) is 6.61 Å². The number of hydrogen-bond acceptors (Lipinski definition) is 4. The van der Waals surface area contributed by atoms with E-state index in [1.54, 1.807) is 6.33 Å². The molecule has 0 bridgehead atoms. The molecule has 0 fully saturated rings. The molecule has 1 rings (SSSR count). The predicted octanol–water partition coefficient (Wildman–Crippen LogP) is 2.59. The maximum Gasteiger partial charge on any atom is 0.216 e. The summed E-state index contributed by atoms with van der Waals surface area (Å²) in [5.41, 5.74) is 1.05. The Kier molecular flexibility index (Phi) is 7.34. The van der Waals surface area contributed by atoms with Gasteiger partial charge in [0.2, 0.25) is 5.88 Å². The van der Waals surface area contributed by atoms with E-state index in [0.717, 1.165) is 37.9 Å². The van der Waals surface area contributed by atoms with Crippen LogP contribution in [-0.4, -0.2) is 29.2 Å². The SMILES string of the molecule is CCCNC(CC)Cc1cc(OCCC)ncn1. The number of rotatable bonds is 9. The molecule has 0 aliphatic rings. The lowest BCUT2D eigenvalue weighted by molar-refractivity contribution is 0.304. The highest BCUT2D eigenvalue weighted by Crippen LogP contribution is 2.10. The highest BCUT2D eigenvalue weighted by molar-refractivity contribution is 5.14. The van der Waals surface area contributed by atoms with Gasteiger partial charge in [0.25, 0.3) is 0 Å². The van der Waals surface area contributed by atoms with Gasteiger partial charge in [0, 0.05) is 24.2 Å². The van der Waals surface area contributed by atoms with Crippen LogP contribution in [0.1, 0.15) is 45.7 Å². The van der Waals surface area contributed by atoms with Crippen molar-refractivity contribution in [2.45, 2.75) is 52.5 Å². The summed E-state index contributed by atoms with van der Waals surface area (Å²) in [6, 6.07) is 2.44. The lowest BCUT2D eigenvalue weighted by atomic mass is 10.1. The highest BCUT2D eigenvalue weighted by Gasteiger charge is 2.08. The molecule has 0 saturated carbocycles. The fraction of sp³-hybridized carbons (Fsp3) is 0.714. The summed E-state index contributed by atoms with van der Waals surface area (Å²) in [5.74, 6) is 0.687.